The summed E-state index contributed by atoms with van der Waals surface area (Å²) in [6.07, 6.45) is 2.62. The molecule has 86 valence electrons. The maximum atomic E-state index is 5.92. The quantitative estimate of drug-likeness (QED) is 0.733. The van der Waals surface area contributed by atoms with Gasteiger partial charge in [0, 0.05) is 12.2 Å². The molecule has 0 aliphatic rings. The summed E-state index contributed by atoms with van der Waals surface area (Å²) in [6.45, 7) is 6.42. The highest BCUT2D eigenvalue weighted by atomic mass is 35.5. The lowest BCUT2D eigenvalue weighted by Gasteiger charge is -2.16. The number of ether oxygens (including phenoxy) is 1. The molecule has 0 fully saturated rings. The second kappa shape index (κ2) is 6.88. The van der Waals surface area contributed by atoms with Crippen molar-refractivity contribution in [2.45, 2.75) is 26.3 Å². The van der Waals surface area contributed by atoms with Crippen LogP contribution in [0.25, 0.3) is 0 Å². The molecule has 3 nitrogen and oxygen atoms in total. The molecule has 1 aromatic rings. The molecule has 1 atom stereocenters. The van der Waals surface area contributed by atoms with Crippen molar-refractivity contribution in [3.63, 3.8) is 0 Å². The number of nitrogens with one attached hydrogen (secondary N) is 1. The van der Waals surface area contributed by atoms with Crippen LogP contribution >= 0.6 is 11.6 Å². The zero-order valence-corrected chi connectivity index (χ0v) is 10.0. The highest BCUT2D eigenvalue weighted by Gasteiger charge is 2.15. The molecule has 4 heteroatoms. The molecule has 0 bridgehead atoms. The van der Waals surface area contributed by atoms with Crippen molar-refractivity contribution < 1.29 is 9.15 Å². The fraction of sp³-hybridized carbons (Fsp3) is 0.636. The van der Waals surface area contributed by atoms with Crippen LogP contribution in [-0.2, 0) is 4.74 Å². The summed E-state index contributed by atoms with van der Waals surface area (Å²) >= 11 is 5.92. The van der Waals surface area contributed by atoms with Crippen LogP contribution < -0.4 is 5.32 Å². The van der Waals surface area contributed by atoms with E-state index in [1.54, 1.807) is 6.26 Å². The Morgan fingerprint density at radius 1 is 1.53 bits per heavy atom. The van der Waals surface area contributed by atoms with Gasteiger partial charge < -0.3 is 14.5 Å². The smallest absolute Gasteiger partial charge is 0.197 e. The Hall–Kier alpha value is -0.510. The van der Waals surface area contributed by atoms with Gasteiger partial charge in [0.2, 0.25) is 0 Å². The summed E-state index contributed by atoms with van der Waals surface area (Å²) < 4.78 is 10.6. The summed E-state index contributed by atoms with van der Waals surface area (Å²) in [5.74, 6) is 0. The fourth-order valence-electron chi connectivity index (χ4n) is 1.40. The van der Waals surface area contributed by atoms with E-state index in [1.165, 1.54) is 0 Å². The maximum absolute atomic E-state index is 5.92. The van der Waals surface area contributed by atoms with Gasteiger partial charge in [-0.1, -0.05) is 13.8 Å². The zero-order chi connectivity index (χ0) is 11.1. The van der Waals surface area contributed by atoms with E-state index in [0.717, 1.165) is 25.1 Å². The molecule has 0 radical (unpaired) electrons. The second-order valence-corrected chi connectivity index (χ2v) is 3.68. The Balaban J connectivity index is 2.53. The predicted molar refractivity (Wildman–Crippen MR) is 61.2 cm³/mol. The van der Waals surface area contributed by atoms with E-state index >= 15 is 0 Å². The van der Waals surface area contributed by atoms with E-state index < -0.39 is 0 Å². The first-order valence-corrected chi connectivity index (χ1v) is 5.71. The van der Waals surface area contributed by atoms with Crippen LogP contribution in [0.3, 0.4) is 0 Å². The van der Waals surface area contributed by atoms with Gasteiger partial charge in [0.1, 0.15) is 0 Å². The van der Waals surface area contributed by atoms with Crippen LogP contribution in [0.5, 0.6) is 0 Å². The minimum Gasteiger partial charge on any atom is -0.453 e. The van der Waals surface area contributed by atoms with Gasteiger partial charge in [-0.2, -0.15) is 0 Å². The van der Waals surface area contributed by atoms with Crippen molar-refractivity contribution in [3.8, 4) is 0 Å². The van der Waals surface area contributed by atoms with Crippen molar-refractivity contribution in [2.75, 3.05) is 19.8 Å². The molecular weight excluding hydrogens is 214 g/mol. The number of furan rings is 1. The lowest BCUT2D eigenvalue weighted by atomic mass is 10.1. The topological polar surface area (TPSA) is 34.4 Å². The van der Waals surface area contributed by atoms with E-state index in [0.29, 0.717) is 11.8 Å². The molecule has 1 heterocycles. The normalized spacial score (nSPS) is 13.0. The van der Waals surface area contributed by atoms with Gasteiger partial charge in [-0.25, -0.2) is 0 Å². The fourth-order valence-corrected chi connectivity index (χ4v) is 1.65. The molecule has 1 unspecified atom stereocenters. The third-order valence-corrected chi connectivity index (χ3v) is 2.41. The Morgan fingerprint density at radius 2 is 2.33 bits per heavy atom. The monoisotopic (exact) mass is 231 g/mol. The molecule has 0 amide bonds. The van der Waals surface area contributed by atoms with Gasteiger partial charge in [-0.3, -0.25) is 0 Å². The van der Waals surface area contributed by atoms with Crippen molar-refractivity contribution in [1.82, 2.24) is 5.32 Å². The first-order valence-electron chi connectivity index (χ1n) is 5.33. The number of hydrogen-bond acceptors (Lipinski definition) is 3. The van der Waals surface area contributed by atoms with Gasteiger partial charge in [-0.15, -0.1) is 0 Å². The van der Waals surface area contributed by atoms with Crippen molar-refractivity contribution in [1.29, 1.82) is 0 Å². The minimum absolute atomic E-state index is 0.118. The first-order chi connectivity index (χ1) is 7.29. The Bertz CT molecular complexity index is 275. The maximum Gasteiger partial charge on any atom is 0.197 e. The van der Waals surface area contributed by atoms with Crippen molar-refractivity contribution in [3.05, 3.63) is 23.1 Å². The SMILES string of the molecule is CCCOCC(NCC)c1ccoc1Cl. The van der Waals surface area contributed by atoms with Crippen LogP contribution in [-0.4, -0.2) is 19.8 Å². The zero-order valence-electron chi connectivity index (χ0n) is 9.25. The first kappa shape index (κ1) is 12.6. The highest BCUT2D eigenvalue weighted by Crippen LogP contribution is 2.24. The Morgan fingerprint density at radius 3 is 2.87 bits per heavy atom. The summed E-state index contributed by atoms with van der Waals surface area (Å²) in [5.41, 5.74) is 0.967. The standard InChI is InChI=1S/C11H18ClNO2/c1-3-6-14-8-10(13-4-2)9-5-7-15-11(9)12/h5,7,10,13H,3-4,6,8H2,1-2H3. The summed E-state index contributed by atoms with van der Waals surface area (Å²) in [4.78, 5) is 0. The van der Waals surface area contributed by atoms with E-state index in [9.17, 15) is 0 Å². The van der Waals surface area contributed by atoms with E-state index in [1.807, 2.05) is 6.07 Å². The van der Waals surface area contributed by atoms with Crippen LogP contribution in [0, 0.1) is 0 Å². The van der Waals surface area contributed by atoms with Gasteiger partial charge in [-0.05, 0) is 30.6 Å². The van der Waals surface area contributed by atoms with Crippen molar-refractivity contribution >= 4 is 11.6 Å². The van der Waals surface area contributed by atoms with Crippen LogP contribution in [0.15, 0.2) is 16.7 Å². The third-order valence-electron chi connectivity index (χ3n) is 2.10. The lowest BCUT2D eigenvalue weighted by molar-refractivity contribution is 0.112. The molecule has 1 N–H and O–H groups in total. The van der Waals surface area contributed by atoms with Gasteiger partial charge >= 0.3 is 0 Å². The molecule has 0 aliphatic heterocycles. The van der Waals surface area contributed by atoms with E-state index in [-0.39, 0.29) is 6.04 Å². The average molecular weight is 232 g/mol. The predicted octanol–water partition coefficient (Wildman–Crippen LogP) is 3.01. The molecule has 15 heavy (non-hydrogen) atoms. The summed E-state index contributed by atoms with van der Waals surface area (Å²) in [6, 6.07) is 2.00. The molecule has 0 aliphatic carbocycles. The van der Waals surface area contributed by atoms with Crippen LogP contribution in [0.2, 0.25) is 5.22 Å². The minimum atomic E-state index is 0.118. The number of hydrogen-bond donors (Lipinski definition) is 1. The van der Waals surface area contributed by atoms with E-state index in [4.69, 9.17) is 20.8 Å². The second-order valence-electron chi connectivity index (χ2n) is 3.33. The van der Waals surface area contributed by atoms with Gasteiger partial charge in [0.15, 0.2) is 5.22 Å². The molecule has 0 saturated carbocycles. The average Bonchev–Trinajstić information content (AvgIpc) is 2.64. The van der Waals surface area contributed by atoms with Crippen molar-refractivity contribution in [2.24, 2.45) is 0 Å². The largest absolute Gasteiger partial charge is 0.453 e. The van der Waals surface area contributed by atoms with Crippen LogP contribution in [0.4, 0.5) is 0 Å². The van der Waals surface area contributed by atoms with Gasteiger partial charge in [0.25, 0.3) is 0 Å². The highest BCUT2D eigenvalue weighted by molar-refractivity contribution is 6.29. The number of rotatable bonds is 7. The van der Waals surface area contributed by atoms with E-state index in [2.05, 4.69) is 19.2 Å². The number of halogens is 1. The molecule has 1 aromatic heterocycles. The summed E-state index contributed by atoms with van der Waals surface area (Å²) in [7, 11) is 0. The van der Waals surface area contributed by atoms with Crippen LogP contribution in [0.1, 0.15) is 31.9 Å². The number of likely N-dealkylation sites (N-methyl/N-ethyl adjacent to an activating group) is 1. The molecule has 0 aromatic carbocycles. The Labute approximate surface area is 95.7 Å². The summed E-state index contributed by atoms with van der Waals surface area (Å²) in [5, 5.41) is 3.76. The molecule has 1 rings (SSSR count). The molecule has 0 saturated heterocycles. The molecule has 0 spiro atoms. The lowest BCUT2D eigenvalue weighted by Crippen LogP contribution is -2.25. The third kappa shape index (κ3) is 3.86. The van der Waals surface area contributed by atoms with Gasteiger partial charge in [0.05, 0.1) is 18.9 Å². The molecular formula is C11H18ClNO2. The Kier molecular flexibility index (Phi) is 5.76.